The lowest BCUT2D eigenvalue weighted by atomic mass is 9.94. The van der Waals surface area contributed by atoms with Gasteiger partial charge in [-0.3, -0.25) is 4.79 Å². The summed E-state index contributed by atoms with van der Waals surface area (Å²) in [4.78, 5) is 16.1. The van der Waals surface area contributed by atoms with Gasteiger partial charge in [-0.1, -0.05) is 31.4 Å². The summed E-state index contributed by atoms with van der Waals surface area (Å²) < 4.78 is 0. The summed E-state index contributed by atoms with van der Waals surface area (Å²) in [5, 5.41) is 9.28. The molecule has 0 radical (unpaired) electrons. The van der Waals surface area contributed by atoms with Crippen LogP contribution in [0.5, 0.6) is 0 Å². The Kier molecular flexibility index (Phi) is 7.31. The molecule has 4 nitrogen and oxygen atoms in total. The van der Waals surface area contributed by atoms with Crippen LogP contribution in [0, 0.1) is 11.3 Å². The van der Waals surface area contributed by atoms with E-state index >= 15 is 0 Å². The van der Waals surface area contributed by atoms with Crippen molar-refractivity contribution in [3.05, 3.63) is 37.1 Å². The number of amides is 1. The van der Waals surface area contributed by atoms with E-state index in [2.05, 4.69) is 13.2 Å². The first-order valence-electron chi connectivity index (χ1n) is 7.49. The molecule has 0 unspecified atom stereocenters. The fourth-order valence-corrected chi connectivity index (χ4v) is 2.65. The molecular weight excluding hydrogens is 262 g/mol. The van der Waals surface area contributed by atoms with Crippen molar-refractivity contribution in [2.24, 2.45) is 0 Å². The van der Waals surface area contributed by atoms with Gasteiger partial charge >= 0.3 is 0 Å². The molecule has 0 aliphatic heterocycles. The van der Waals surface area contributed by atoms with Gasteiger partial charge in [-0.15, -0.1) is 13.2 Å². The lowest BCUT2D eigenvalue weighted by Gasteiger charge is -2.31. The van der Waals surface area contributed by atoms with Crippen LogP contribution < -0.4 is 0 Å². The summed E-state index contributed by atoms with van der Waals surface area (Å²) in [7, 11) is 1.80. The second kappa shape index (κ2) is 9.02. The van der Waals surface area contributed by atoms with Gasteiger partial charge in [0, 0.05) is 32.4 Å². The highest BCUT2D eigenvalue weighted by Crippen LogP contribution is 2.22. The largest absolute Gasteiger partial charge is 0.369 e. The maximum Gasteiger partial charge on any atom is 0.265 e. The number of hydrogen-bond donors (Lipinski definition) is 0. The molecule has 1 aliphatic carbocycles. The van der Waals surface area contributed by atoms with E-state index in [1.54, 1.807) is 30.3 Å². The van der Waals surface area contributed by atoms with Gasteiger partial charge in [0.05, 0.1) is 0 Å². The molecule has 1 rings (SSSR count). The Morgan fingerprint density at radius 1 is 1.24 bits per heavy atom. The van der Waals surface area contributed by atoms with E-state index in [-0.39, 0.29) is 17.5 Å². The monoisotopic (exact) mass is 287 g/mol. The van der Waals surface area contributed by atoms with E-state index in [0.29, 0.717) is 13.1 Å². The minimum absolute atomic E-state index is 0.173. The summed E-state index contributed by atoms with van der Waals surface area (Å²) in [5.74, 6) is -0.192. The molecular formula is C17H25N3O. The summed E-state index contributed by atoms with van der Waals surface area (Å²) in [6.45, 7) is 8.53. The third kappa shape index (κ3) is 5.11. The fourth-order valence-electron chi connectivity index (χ4n) is 2.65. The van der Waals surface area contributed by atoms with Crippen LogP contribution in [0.2, 0.25) is 0 Å². The number of carbonyl (C=O) groups excluding carboxylic acids is 1. The van der Waals surface area contributed by atoms with Crippen LogP contribution in [-0.2, 0) is 4.79 Å². The van der Waals surface area contributed by atoms with Crippen molar-refractivity contribution in [3.63, 3.8) is 0 Å². The zero-order chi connectivity index (χ0) is 15.7. The molecule has 0 spiro atoms. The first-order chi connectivity index (χ1) is 10.1. The average molecular weight is 287 g/mol. The highest BCUT2D eigenvalue weighted by atomic mass is 16.2. The molecule has 0 N–H and O–H groups in total. The lowest BCUT2D eigenvalue weighted by Crippen LogP contribution is -2.39. The number of nitriles is 1. The third-order valence-corrected chi connectivity index (χ3v) is 3.83. The van der Waals surface area contributed by atoms with Gasteiger partial charge in [0.2, 0.25) is 0 Å². The van der Waals surface area contributed by atoms with Gasteiger partial charge in [-0.05, 0) is 12.8 Å². The molecule has 0 atom stereocenters. The molecule has 0 heterocycles. The van der Waals surface area contributed by atoms with Gasteiger partial charge in [0.1, 0.15) is 11.6 Å². The molecule has 1 aliphatic rings. The van der Waals surface area contributed by atoms with E-state index < -0.39 is 0 Å². The number of likely N-dealkylation sites (N-methyl/N-ethyl adjacent to an activating group) is 1. The first-order valence-corrected chi connectivity index (χ1v) is 7.49. The lowest BCUT2D eigenvalue weighted by molar-refractivity contribution is -0.128. The van der Waals surface area contributed by atoms with Crippen LogP contribution in [0.15, 0.2) is 37.1 Å². The van der Waals surface area contributed by atoms with Crippen molar-refractivity contribution in [2.75, 3.05) is 20.1 Å². The Morgan fingerprint density at radius 2 is 1.81 bits per heavy atom. The van der Waals surface area contributed by atoms with Crippen LogP contribution in [0.4, 0.5) is 0 Å². The van der Waals surface area contributed by atoms with Gasteiger partial charge in [-0.2, -0.15) is 5.26 Å². The molecule has 1 fully saturated rings. The smallest absolute Gasteiger partial charge is 0.265 e. The van der Waals surface area contributed by atoms with Crippen LogP contribution in [0.25, 0.3) is 0 Å². The molecule has 1 saturated carbocycles. The molecule has 0 saturated heterocycles. The van der Waals surface area contributed by atoms with Crippen molar-refractivity contribution in [3.8, 4) is 6.07 Å². The summed E-state index contributed by atoms with van der Waals surface area (Å²) in [6, 6.07) is 2.29. The Balaban J connectivity index is 2.80. The Hall–Kier alpha value is -2.02. The van der Waals surface area contributed by atoms with Crippen molar-refractivity contribution < 1.29 is 4.79 Å². The predicted molar refractivity (Wildman–Crippen MR) is 85.3 cm³/mol. The Morgan fingerprint density at radius 3 is 2.29 bits per heavy atom. The zero-order valence-corrected chi connectivity index (χ0v) is 12.9. The molecule has 0 aromatic carbocycles. The van der Waals surface area contributed by atoms with Crippen LogP contribution >= 0.6 is 0 Å². The molecule has 114 valence electrons. The predicted octanol–water partition coefficient (Wildman–Crippen LogP) is 2.86. The van der Waals surface area contributed by atoms with Crippen LogP contribution in [0.1, 0.15) is 32.1 Å². The number of nitrogens with zero attached hydrogens (tertiary/aromatic N) is 3. The molecule has 0 aromatic heterocycles. The third-order valence-electron chi connectivity index (χ3n) is 3.83. The second-order valence-electron chi connectivity index (χ2n) is 5.39. The number of carbonyl (C=O) groups is 1. The Bertz CT molecular complexity index is 431. The maximum atomic E-state index is 12.5. The van der Waals surface area contributed by atoms with Crippen molar-refractivity contribution in [1.82, 2.24) is 9.80 Å². The number of hydrogen-bond acceptors (Lipinski definition) is 3. The van der Waals surface area contributed by atoms with Gasteiger partial charge in [-0.25, -0.2) is 0 Å². The van der Waals surface area contributed by atoms with E-state index in [1.165, 1.54) is 6.42 Å². The number of rotatable bonds is 7. The summed E-state index contributed by atoms with van der Waals surface area (Å²) in [5.41, 5.74) is 0.173. The molecule has 4 heteroatoms. The highest BCUT2D eigenvalue weighted by molar-refractivity contribution is 5.97. The topological polar surface area (TPSA) is 47.3 Å². The SMILES string of the molecule is C=CCN(/C=C(/C#N)C(=O)N(C)C1CCCCC1)CC=C. The molecule has 1 amide bonds. The summed E-state index contributed by atoms with van der Waals surface area (Å²) >= 11 is 0. The maximum absolute atomic E-state index is 12.5. The van der Waals surface area contributed by atoms with Crippen molar-refractivity contribution in [1.29, 1.82) is 5.26 Å². The minimum atomic E-state index is -0.192. The normalized spacial score (nSPS) is 15.9. The fraction of sp³-hybridized carbons (Fsp3) is 0.529. The van der Waals surface area contributed by atoms with Crippen molar-refractivity contribution >= 4 is 5.91 Å². The van der Waals surface area contributed by atoms with E-state index in [4.69, 9.17) is 0 Å². The quantitative estimate of drug-likeness (QED) is 0.411. The highest BCUT2D eigenvalue weighted by Gasteiger charge is 2.24. The van der Waals surface area contributed by atoms with Crippen molar-refractivity contribution in [2.45, 2.75) is 38.1 Å². The first kappa shape index (κ1) is 17.0. The molecule has 0 aromatic rings. The average Bonchev–Trinajstić information content (AvgIpc) is 2.52. The van der Waals surface area contributed by atoms with E-state index in [1.807, 2.05) is 11.0 Å². The standard InChI is InChI=1S/C17H25N3O/c1-4-11-20(12-5-2)14-15(13-18)17(21)19(3)16-9-7-6-8-10-16/h4-5,14,16H,1-2,6-12H2,3H3/b15-14-. The van der Waals surface area contributed by atoms with E-state index in [9.17, 15) is 10.1 Å². The van der Waals surface area contributed by atoms with E-state index in [0.717, 1.165) is 25.7 Å². The summed E-state index contributed by atoms with van der Waals surface area (Å²) in [6.07, 6.45) is 10.7. The molecule has 0 bridgehead atoms. The second-order valence-corrected chi connectivity index (χ2v) is 5.39. The van der Waals surface area contributed by atoms with Gasteiger partial charge < -0.3 is 9.80 Å². The van der Waals surface area contributed by atoms with Gasteiger partial charge in [0.15, 0.2) is 0 Å². The minimum Gasteiger partial charge on any atom is -0.369 e. The zero-order valence-electron chi connectivity index (χ0n) is 12.9. The van der Waals surface area contributed by atoms with Gasteiger partial charge in [0.25, 0.3) is 5.91 Å². The van der Waals surface area contributed by atoms with Crippen LogP contribution in [0.3, 0.4) is 0 Å². The molecule has 21 heavy (non-hydrogen) atoms. The van der Waals surface area contributed by atoms with Crippen LogP contribution in [-0.4, -0.2) is 41.9 Å². The Labute approximate surface area is 128 Å².